The molecular weight excluding hydrogens is 424 g/mol. The molecule has 0 radical (unpaired) electrons. The Bertz CT molecular complexity index is 1120. The molecule has 2 aromatic carbocycles. The van der Waals surface area contributed by atoms with Crippen molar-refractivity contribution in [2.45, 2.75) is 26.2 Å². The topological polar surface area (TPSA) is 80.0 Å². The number of carbonyl (C=O) groups excluding carboxylic acids is 1. The van der Waals surface area contributed by atoms with Crippen molar-refractivity contribution in [2.24, 2.45) is 16.6 Å². The van der Waals surface area contributed by atoms with Crippen molar-refractivity contribution in [1.29, 1.82) is 0 Å². The van der Waals surface area contributed by atoms with Gasteiger partial charge in [0.1, 0.15) is 17.3 Å². The van der Waals surface area contributed by atoms with E-state index in [0.29, 0.717) is 17.3 Å². The number of allylic oxidation sites excluding steroid dienone is 3. The van der Waals surface area contributed by atoms with E-state index >= 15 is 0 Å². The molecule has 2 aromatic rings. The minimum atomic E-state index is -0.491. The number of nitrogens with one attached hydrogen (secondary N) is 1. The largest absolute Gasteiger partial charge is 0.457 e. The van der Waals surface area contributed by atoms with Crippen molar-refractivity contribution in [2.75, 3.05) is 20.1 Å². The summed E-state index contributed by atoms with van der Waals surface area (Å²) in [6, 6.07) is 17.4. The quantitative estimate of drug-likeness (QED) is 0.583. The van der Waals surface area contributed by atoms with Crippen molar-refractivity contribution in [3.63, 3.8) is 0 Å². The minimum absolute atomic E-state index is 0.426. The Kier molecular flexibility index (Phi) is 7.60. The zero-order valence-electron chi connectivity index (χ0n) is 19.8. The number of rotatable bonds is 7. The SMILES string of the molecule is CC/C=C(/C(C(N)=O)=C1/N=CC=C(C2CCNCC2)N1C)c1ccc(Oc2ccccc2)cc1. The summed E-state index contributed by atoms with van der Waals surface area (Å²) in [5.41, 5.74) is 9.24. The molecule has 176 valence electrons. The van der Waals surface area contributed by atoms with Crippen LogP contribution in [0, 0.1) is 5.92 Å². The number of ether oxygens (including phenoxy) is 1. The van der Waals surface area contributed by atoms with E-state index in [9.17, 15) is 4.79 Å². The maximum Gasteiger partial charge on any atom is 0.253 e. The molecule has 0 unspecified atom stereocenters. The first kappa shape index (κ1) is 23.5. The Hall–Kier alpha value is -3.64. The van der Waals surface area contributed by atoms with Crippen molar-refractivity contribution >= 4 is 17.7 Å². The number of nitrogens with two attached hydrogens (primary N) is 1. The third-order valence-electron chi connectivity index (χ3n) is 6.20. The second kappa shape index (κ2) is 11.0. The number of hydrogen-bond donors (Lipinski definition) is 2. The lowest BCUT2D eigenvalue weighted by Crippen LogP contribution is -2.34. The number of carbonyl (C=O) groups is 1. The lowest BCUT2D eigenvalue weighted by molar-refractivity contribution is -0.114. The van der Waals surface area contributed by atoms with Crippen LogP contribution in [0.5, 0.6) is 11.5 Å². The van der Waals surface area contributed by atoms with Gasteiger partial charge in [0.25, 0.3) is 5.91 Å². The van der Waals surface area contributed by atoms with Gasteiger partial charge in [-0.2, -0.15) is 0 Å². The zero-order chi connectivity index (χ0) is 23.9. The van der Waals surface area contributed by atoms with Crippen LogP contribution in [0.25, 0.3) is 5.57 Å². The lowest BCUT2D eigenvalue weighted by atomic mass is 9.91. The maximum absolute atomic E-state index is 12.8. The van der Waals surface area contributed by atoms with Crippen LogP contribution >= 0.6 is 0 Å². The molecule has 0 bridgehead atoms. The molecule has 6 nitrogen and oxygen atoms in total. The van der Waals surface area contributed by atoms with Gasteiger partial charge in [-0.15, -0.1) is 0 Å². The molecule has 0 aliphatic carbocycles. The number of nitrogens with zero attached hydrogens (tertiary/aromatic N) is 2. The standard InChI is InChI=1S/C28H32N4O2/c1-3-7-24(20-10-12-23(13-11-20)34-22-8-5-4-6-9-22)26(27(29)33)28-31-19-16-25(32(28)2)21-14-17-30-18-15-21/h4-13,16,19,21,30H,3,14-15,17-18H2,1-2H3,(H2,29,33)/b24-7+,28-26+. The summed E-state index contributed by atoms with van der Waals surface area (Å²) in [5.74, 6) is 2.02. The molecule has 0 spiro atoms. The molecule has 1 amide bonds. The molecule has 0 atom stereocenters. The first-order valence-corrected chi connectivity index (χ1v) is 11.8. The molecule has 0 aromatic heterocycles. The molecule has 3 N–H and O–H groups in total. The highest BCUT2D eigenvalue weighted by molar-refractivity contribution is 6.09. The molecule has 1 fully saturated rings. The lowest BCUT2D eigenvalue weighted by Gasteiger charge is -2.34. The van der Waals surface area contributed by atoms with Gasteiger partial charge in [-0.3, -0.25) is 4.79 Å². The van der Waals surface area contributed by atoms with E-state index in [-0.39, 0.29) is 0 Å². The van der Waals surface area contributed by atoms with Gasteiger partial charge in [0.15, 0.2) is 0 Å². The number of benzene rings is 2. The van der Waals surface area contributed by atoms with Crippen molar-refractivity contribution in [1.82, 2.24) is 10.2 Å². The summed E-state index contributed by atoms with van der Waals surface area (Å²) < 4.78 is 5.93. The van der Waals surface area contributed by atoms with Crippen LogP contribution in [0.4, 0.5) is 0 Å². The molecule has 6 heteroatoms. The number of aliphatic imine (C=N–C) groups is 1. The normalized spacial score (nSPS) is 18.5. The molecule has 1 saturated heterocycles. The molecule has 0 saturated carbocycles. The fraction of sp³-hybridized carbons (Fsp3) is 0.286. The smallest absolute Gasteiger partial charge is 0.253 e. The monoisotopic (exact) mass is 456 g/mol. The summed E-state index contributed by atoms with van der Waals surface area (Å²) in [5, 5.41) is 3.41. The van der Waals surface area contributed by atoms with Crippen LogP contribution in [-0.4, -0.2) is 37.2 Å². The molecule has 4 rings (SSSR count). The fourth-order valence-electron chi connectivity index (χ4n) is 4.52. The van der Waals surface area contributed by atoms with Crippen molar-refractivity contribution in [3.8, 4) is 11.5 Å². The van der Waals surface area contributed by atoms with Crippen molar-refractivity contribution < 1.29 is 9.53 Å². The first-order valence-electron chi connectivity index (χ1n) is 11.8. The fourth-order valence-corrected chi connectivity index (χ4v) is 4.52. The highest BCUT2D eigenvalue weighted by Gasteiger charge is 2.28. The Morgan fingerprint density at radius 1 is 1.12 bits per heavy atom. The number of piperidine rings is 1. The summed E-state index contributed by atoms with van der Waals surface area (Å²) in [4.78, 5) is 19.4. The van der Waals surface area contributed by atoms with Crippen molar-refractivity contribution in [3.05, 3.63) is 89.4 Å². The molecule has 2 aliphatic heterocycles. The maximum atomic E-state index is 12.8. The second-order valence-corrected chi connectivity index (χ2v) is 8.48. The highest BCUT2D eigenvalue weighted by atomic mass is 16.5. The van der Waals surface area contributed by atoms with E-state index in [2.05, 4.69) is 16.4 Å². The van der Waals surface area contributed by atoms with Gasteiger partial charge in [0.05, 0.1) is 5.57 Å². The molecule has 2 heterocycles. The Labute approximate surface area is 201 Å². The van der Waals surface area contributed by atoms with Gasteiger partial charge in [0, 0.05) is 24.9 Å². The number of hydrogen-bond acceptors (Lipinski definition) is 5. The van der Waals surface area contributed by atoms with E-state index in [1.165, 1.54) is 5.70 Å². The first-order chi connectivity index (χ1) is 16.6. The average molecular weight is 457 g/mol. The van der Waals surface area contributed by atoms with Crippen LogP contribution in [0.15, 0.2) is 88.8 Å². The van der Waals surface area contributed by atoms with Gasteiger partial charge in [0.2, 0.25) is 0 Å². The van der Waals surface area contributed by atoms with Crippen LogP contribution in [0.2, 0.25) is 0 Å². The van der Waals surface area contributed by atoms with Gasteiger partial charge < -0.3 is 20.7 Å². The Balaban J connectivity index is 1.67. The number of primary amides is 1. The zero-order valence-corrected chi connectivity index (χ0v) is 19.8. The van der Waals surface area contributed by atoms with E-state index in [1.54, 1.807) is 6.21 Å². The van der Waals surface area contributed by atoms with Crippen LogP contribution in [0.3, 0.4) is 0 Å². The predicted octanol–water partition coefficient (Wildman–Crippen LogP) is 4.87. The Morgan fingerprint density at radius 3 is 2.44 bits per heavy atom. The van der Waals surface area contributed by atoms with E-state index < -0.39 is 5.91 Å². The number of amides is 1. The third-order valence-corrected chi connectivity index (χ3v) is 6.20. The summed E-state index contributed by atoms with van der Waals surface area (Å²) in [6.07, 6.45) is 8.75. The highest BCUT2D eigenvalue weighted by Crippen LogP contribution is 2.34. The molecular formula is C28H32N4O2. The van der Waals surface area contributed by atoms with E-state index in [4.69, 9.17) is 10.5 Å². The van der Waals surface area contributed by atoms with E-state index in [1.807, 2.05) is 79.5 Å². The van der Waals surface area contributed by atoms with E-state index in [0.717, 1.165) is 55.0 Å². The van der Waals surface area contributed by atoms with Gasteiger partial charge in [-0.1, -0.05) is 43.3 Å². The van der Waals surface area contributed by atoms with Gasteiger partial charge >= 0.3 is 0 Å². The van der Waals surface area contributed by atoms with Gasteiger partial charge in [-0.05, 0) is 73.8 Å². The summed E-state index contributed by atoms with van der Waals surface area (Å²) in [6.45, 7) is 4.03. The Morgan fingerprint density at radius 2 is 1.79 bits per heavy atom. The minimum Gasteiger partial charge on any atom is -0.457 e. The number of para-hydroxylation sites is 1. The molecule has 2 aliphatic rings. The predicted molar refractivity (Wildman–Crippen MR) is 137 cm³/mol. The summed E-state index contributed by atoms with van der Waals surface area (Å²) in [7, 11) is 1.98. The van der Waals surface area contributed by atoms with Crippen LogP contribution < -0.4 is 15.8 Å². The van der Waals surface area contributed by atoms with Crippen LogP contribution in [0.1, 0.15) is 31.7 Å². The average Bonchev–Trinajstić information content (AvgIpc) is 2.86. The van der Waals surface area contributed by atoms with Gasteiger partial charge in [-0.25, -0.2) is 4.99 Å². The summed E-state index contributed by atoms with van der Waals surface area (Å²) >= 11 is 0. The third kappa shape index (κ3) is 5.29. The second-order valence-electron chi connectivity index (χ2n) is 8.48. The molecule has 34 heavy (non-hydrogen) atoms. The van der Waals surface area contributed by atoms with Crippen LogP contribution in [-0.2, 0) is 4.79 Å².